The molecule has 1 N–H and O–H groups in total. The summed E-state index contributed by atoms with van der Waals surface area (Å²) in [5.74, 6) is -2.12. The predicted molar refractivity (Wildman–Crippen MR) is 85.5 cm³/mol. The normalized spacial score (nSPS) is 19.1. The molecule has 1 aliphatic heterocycles. The second kappa shape index (κ2) is 6.84. The summed E-state index contributed by atoms with van der Waals surface area (Å²) in [6.07, 6.45) is 3.45. The van der Waals surface area contributed by atoms with Gasteiger partial charge in [-0.2, -0.15) is 0 Å². The molecule has 2 heterocycles. The van der Waals surface area contributed by atoms with Crippen LogP contribution in [0.3, 0.4) is 0 Å². The van der Waals surface area contributed by atoms with Crippen molar-refractivity contribution in [3.8, 4) is 0 Å². The third-order valence-corrected chi connectivity index (χ3v) is 4.34. The number of ether oxygens (including phenoxy) is 1. The highest BCUT2D eigenvalue weighted by Crippen LogP contribution is 2.25. The van der Waals surface area contributed by atoms with Crippen LogP contribution in [0.5, 0.6) is 0 Å². The SMILES string of the molecule is CC(C)[C@H](C(=O)NC[C@H]1CCCO1)n1cnc2cc(F)c(F)cc21. The number of hydrogen-bond acceptors (Lipinski definition) is 3. The topological polar surface area (TPSA) is 56.1 Å². The summed E-state index contributed by atoms with van der Waals surface area (Å²) in [6, 6.07) is 1.57. The van der Waals surface area contributed by atoms with E-state index in [-0.39, 0.29) is 17.9 Å². The van der Waals surface area contributed by atoms with E-state index in [1.807, 2.05) is 13.8 Å². The van der Waals surface area contributed by atoms with Crippen LogP contribution < -0.4 is 5.32 Å². The van der Waals surface area contributed by atoms with Gasteiger partial charge < -0.3 is 14.6 Å². The zero-order valence-electron chi connectivity index (χ0n) is 13.8. The van der Waals surface area contributed by atoms with Crippen LogP contribution >= 0.6 is 0 Å². The quantitative estimate of drug-likeness (QED) is 0.913. The summed E-state index contributed by atoms with van der Waals surface area (Å²) in [5, 5.41) is 2.90. The molecule has 0 bridgehead atoms. The number of nitrogens with one attached hydrogen (secondary N) is 1. The molecule has 0 saturated carbocycles. The predicted octanol–water partition coefficient (Wildman–Crippen LogP) is 2.81. The molecule has 0 spiro atoms. The van der Waals surface area contributed by atoms with Gasteiger partial charge in [0.05, 0.1) is 23.5 Å². The molecule has 5 nitrogen and oxygen atoms in total. The Morgan fingerprint density at radius 1 is 1.42 bits per heavy atom. The lowest BCUT2D eigenvalue weighted by atomic mass is 10.0. The number of nitrogens with zero attached hydrogens (tertiary/aromatic N) is 2. The number of hydrogen-bond donors (Lipinski definition) is 1. The van der Waals surface area contributed by atoms with Gasteiger partial charge in [0.15, 0.2) is 11.6 Å². The molecule has 0 aliphatic carbocycles. The van der Waals surface area contributed by atoms with Crippen molar-refractivity contribution in [1.82, 2.24) is 14.9 Å². The summed E-state index contributed by atoms with van der Waals surface area (Å²) in [6.45, 7) is 4.99. The standard InChI is InChI=1S/C17H21F2N3O2/c1-10(2)16(17(23)20-8-11-4-3-5-24-11)22-9-21-14-6-12(18)13(19)7-15(14)22/h6-7,9-11,16H,3-5,8H2,1-2H3,(H,20,23)/t11-,16-/m1/s1. The number of aromatic nitrogens is 2. The molecule has 24 heavy (non-hydrogen) atoms. The van der Waals surface area contributed by atoms with Gasteiger partial charge >= 0.3 is 0 Å². The molecule has 2 aromatic rings. The van der Waals surface area contributed by atoms with E-state index in [0.717, 1.165) is 31.6 Å². The van der Waals surface area contributed by atoms with Crippen molar-refractivity contribution >= 4 is 16.9 Å². The van der Waals surface area contributed by atoms with Gasteiger partial charge in [-0.25, -0.2) is 13.8 Å². The van der Waals surface area contributed by atoms with Crippen molar-refractivity contribution in [2.75, 3.05) is 13.2 Å². The van der Waals surface area contributed by atoms with Crippen molar-refractivity contribution in [2.24, 2.45) is 5.92 Å². The molecule has 1 aromatic heterocycles. The Morgan fingerprint density at radius 2 is 2.17 bits per heavy atom. The smallest absolute Gasteiger partial charge is 0.243 e. The Labute approximate surface area is 139 Å². The summed E-state index contributed by atoms with van der Waals surface area (Å²) in [7, 11) is 0. The number of fused-ring (bicyclic) bond motifs is 1. The van der Waals surface area contributed by atoms with E-state index in [1.165, 1.54) is 6.33 Å². The van der Waals surface area contributed by atoms with Gasteiger partial charge in [-0.3, -0.25) is 4.79 Å². The highest BCUT2D eigenvalue weighted by atomic mass is 19.2. The Bertz CT molecular complexity index is 739. The van der Waals surface area contributed by atoms with Crippen LogP contribution in [0.15, 0.2) is 18.5 Å². The molecule has 1 amide bonds. The van der Waals surface area contributed by atoms with Crippen molar-refractivity contribution in [1.29, 1.82) is 0 Å². The minimum atomic E-state index is -0.952. The lowest BCUT2D eigenvalue weighted by molar-refractivity contribution is -0.126. The Morgan fingerprint density at radius 3 is 2.83 bits per heavy atom. The van der Waals surface area contributed by atoms with Crippen molar-refractivity contribution in [3.63, 3.8) is 0 Å². The third-order valence-electron chi connectivity index (χ3n) is 4.34. The van der Waals surface area contributed by atoms with E-state index >= 15 is 0 Å². The van der Waals surface area contributed by atoms with E-state index in [4.69, 9.17) is 4.74 Å². The lowest BCUT2D eigenvalue weighted by Crippen LogP contribution is -2.39. The summed E-state index contributed by atoms with van der Waals surface area (Å²) in [4.78, 5) is 16.7. The Balaban J connectivity index is 1.85. The second-order valence-corrected chi connectivity index (χ2v) is 6.48. The average Bonchev–Trinajstić information content (AvgIpc) is 3.17. The molecule has 1 aliphatic rings. The van der Waals surface area contributed by atoms with Crippen molar-refractivity contribution in [3.05, 3.63) is 30.1 Å². The Hall–Kier alpha value is -2.02. The largest absolute Gasteiger partial charge is 0.376 e. The van der Waals surface area contributed by atoms with Crippen molar-refractivity contribution < 1.29 is 18.3 Å². The van der Waals surface area contributed by atoms with Crippen LogP contribution in [0.2, 0.25) is 0 Å². The first-order chi connectivity index (χ1) is 11.5. The number of halogens is 2. The zero-order valence-corrected chi connectivity index (χ0v) is 13.8. The fraction of sp³-hybridized carbons (Fsp3) is 0.529. The first kappa shape index (κ1) is 16.8. The number of amides is 1. The van der Waals surface area contributed by atoms with Crippen molar-refractivity contribution in [2.45, 2.75) is 38.8 Å². The van der Waals surface area contributed by atoms with Gasteiger partial charge in [0.1, 0.15) is 6.04 Å². The van der Waals surface area contributed by atoms with Gasteiger partial charge in [0.2, 0.25) is 5.91 Å². The third kappa shape index (κ3) is 3.26. The number of benzene rings is 1. The molecule has 0 radical (unpaired) electrons. The lowest BCUT2D eigenvalue weighted by Gasteiger charge is -2.23. The van der Waals surface area contributed by atoms with Crippen LogP contribution in [-0.2, 0) is 9.53 Å². The summed E-state index contributed by atoms with van der Waals surface area (Å²) in [5.41, 5.74) is 0.728. The molecule has 2 atom stereocenters. The van der Waals surface area contributed by atoms with Crippen LogP contribution in [0.1, 0.15) is 32.7 Å². The maximum absolute atomic E-state index is 13.6. The number of carbonyl (C=O) groups is 1. The van der Waals surface area contributed by atoms with E-state index < -0.39 is 17.7 Å². The average molecular weight is 337 g/mol. The van der Waals surface area contributed by atoms with Gasteiger partial charge in [-0.05, 0) is 18.8 Å². The fourth-order valence-corrected chi connectivity index (χ4v) is 3.12. The monoisotopic (exact) mass is 337 g/mol. The minimum Gasteiger partial charge on any atom is -0.376 e. The van der Waals surface area contributed by atoms with E-state index in [2.05, 4.69) is 10.3 Å². The first-order valence-electron chi connectivity index (χ1n) is 8.18. The van der Waals surface area contributed by atoms with E-state index in [0.29, 0.717) is 17.6 Å². The van der Waals surface area contributed by atoms with Gasteiger partial charge in [-0.1, -0.05) is 13.8 Å². The molecule has 7 heteroatoms. The molecule has 1 fully saturated rings. The molecular weight excluding hydrogens is 316 g/mol. The number of carbonyl (C=O) groups excluding carboxylic acids is 1. The molecular formula is C17H21F2N3O2. The van der Waals surface area contributed by atoms with Gasteiger partial charge in [-0.15, -0.1) is 0 Å². The van der Waals surface area contributed by atoms with E-state index in [9.17, 15) is 13.6 Å². The van der Waals surface area contributed by atoms with Gasteiger partial charge in [0, 0.05) is 25.3 Å². The molecule has 0 unspecified atom stereocenters. The van der Waals surface area contributed by atoms with E-state index in [1.54, 1.807) is 4.57 Å². The minimum absolute atomic E-state index is 0.0417. The highest BCUT2D eigenvalue weighted by Gasteiger charge is 2.27. The summed E-state index contributed by atoms with van der Waals surface area (Å²) < 4.78 is 34.1. The summed E-state index contributed by atoms with van der Waals surface area (Å²) >= 11 is 0. The van der Waals surface area contributed by atoms with Crippen LogP contribution in [-0.4, -0.2) is 34.7 Å². The van der Waals surface area contributed by atoms with Crippen LogP contribution in [0.25, 0.3) is 11.0 Å². The highest BCUT2D eigenvalue weighted by molar-refractivity contribution is 5.84. The zero-order chi connectivity index (χ0) is 17.3. The Kier molecular flexibility index (Phi) is 4.80. The molecule has 3 rings (SSSR count). The molecule has 1 aromatic carbocycles. The maximum Gasteiger partial charge on any atom is 0.243 e. The first-order valence-corrected chi connectivity index (χ1v) is 8.18. The van der Waals surface area contributed by atoms with Crippen LogP contribution in [0.4, 0.5) is 8.78 Å². The van der Waals surface area contributed by atoms with Crippen LogP contribution in [0, 0.1) is 17.6 Å². The molecule has 130 valence electrons. The molecule has 1 saturated heterocycles. The van der Waals surface area contributed by atoms with Gasteiger partial charge in [0.25, 0.3) is 0 Å². The maximum atomic E-state index is 13.6. The number of imidazole rings is 1. The number of rotatable bonds is 5. The second-order valence-electron chi connectivity index (χ2n) is 6.48. The fourth-order valence-electron chi connectivity index (χ4n) is 3.12.